The van der Waals surface area contributed by atoms with Crippen molar-refractivity contribution in [1.29, 1.82) is 0 Å². The summed E-state index contributed by atoms with van der Waals surface area (Å²) >= 11 is 5.78. The fourth-order valence-corrected chi connectivity index (χ4v) is 12.3. The van der Waals surface area contributed by atoms with Crippen molar-refractivity contribution in [1.82, 2.24) is 31.9 Å². The van der Waals surface area contributed by atoms with Crippen LogP contribution in [0.4, 0.5) is 0 Å². The molecule has 5 rings (SSSR count). The average molecular weight is 1120 g/mol. The monoisotopic (exact) mass is 1120 g/mol. The van der Waals surface area contributed by atoms with E-state index in [2.05, 4.69) is 31.9 Å². The summed E-state index contributed by atoms with van der Waals surface area (Å²) in [5.74, 6) is -1.24. The van der Waals surface area contributed by atoms with Crippen molar-refractivity contribution in [2.75, 3.05) is 30.1 Å². The van der Waals surface area contributed by atoms with E-state index in [0.29, 0.717) is 23.0 Å². The lowest BCUT2D eigenvalue weighted by Gasteiger charge is -2.40. The van der Waals surface area contributed by atoms with E-state index < -0.39 is 69.8 Å². The van der Waals surface area contributed by atoms with Crippen molar-refractivity contribution >= 4 is 82.5 Å². The Labute approximate surface area is 472 Å². The first kappa shape index (κ1) is 62.1. The van der Waals surface area contributed by atoms with Crippen LogP contribution in [0.3, 0.4) is 0 Å². The fourth-order valence-electron chi connectivity index (χ4n) is 7.75. The molecule has 0 saturated heterocycles. The minimum absolute atomic E-state index is 0.0546. The first-order chi connectivity index (χ1) is 36.8. The van der Waals surface area contributed by atoms with Crippen molar-refractivity contribution in [3.05, 3.63) is 179 Å². The summed E-state index contributed by atoms with van der Waals surface area (Å²) in [7, 11) is 1.48. The van der Waals surface area contributed by atoms with Gasteiger partial charge in [0.1, 0.15) is 28.2 Å². The van der Waals surface area contributed by atoms with E-state index in [0.717, 1.165) is 27.8 Å². The Kier molecular flexibility index (Phi) is 24.6. The Morgan fingerprint density at radius 3 is 1.00 bits per heavy atom. The maximum atomic E-state index is 15.4. The number of hydrogen-bond donors (Lipinski definition) is 6. The van der Waals surface area contributed by atoms with Gasteiger partial charge in [-0.1, -0.05) is 166 Å². The lowest BCUT2D eigenvalue weighted by molar-refractivity contribution is -0.141. The largest absolute Gasteiger partial charge is 0.371 e. The van der Waals surface area contributed by atoms with E-state index in [4.69, 9.17) is 4.74 Å². The first-order valence-corrected chi connectivity index (χ1v) is 30.3. The van der Waals surface area contributed by atoms with Crippen LogP contribution in [0, 0.1) is 5.92 Å². The molecule has 13 nitrogen and oxygen atoms in total. The molecular formula is C60H76N6O7S4. The van der Waals surface area contributed by atoms with Crippen LogP contribution in [0.25, 0.3) is 0 Å². The molecule has 0 aliphatic heterocycles. The van der Waals surface area contributed by atoms with E-state index in [1.807, 2.05) is 152 Å². The first-order valence-electron chi connectivity index (χ1n) is 25.7. The van der Waals surface area contributed by atoms with Crippen LogP contribution in [0.2, 0.25) is 0 Å². The summed E-state index contributed by atoms with van der Waals surface area (Å²) in [6, 6.07) is 47.4. The number of likely N-dealkylation sites (N-methyl/N-ethyl adjacent to an activating group) is 1. The van der Waals surface area contributed by atoms with E-state index in [1.165, 1.54) is 54.1 Å². The van der Waals surface area contributed by atoms with Crippen LogP contribution in [-0.4, -0.2) is 99.8 Å². The molecular weight excluding hydrogens is 1040 g/mol. The van der Waals surface area contributed by atoms with Crippen molar-refractivity contribution in [2.45, 2.75) is 112 Å². The minimum atomic E-state index is -1.70. The number of thioether (sulfide) groups is 4. The van der Waals surface area contributed by atoms with Crippen LogP contribution >= 0.6 is 47.0 Å². The molecule has 0 spiro atoms. The van der Waals surface area contributed by atoms with Gasteiger partial charge < -0.3 is 36.6 Å². The predicted molar refractivity (Wildman–Crippen MR) is 318 cm³/mol. The fraction of sp³-hybridized carbons (Fsp3) is 0.400. The highest BCUT2D eigenvalue weighted by Crippen LogP contribution is 2.27. The molecule has 0 radical (unpaired) electrons. The molecule has 6 amide bonds. The van der Waals surface area contributed by atoms with E-state index in [1.54, 1.807) is 48.5 Å². The standard InChI is InChI=1S/C60H76N6O7S4/c1-43(2)51(67)63-58(5,40-75-36-47-28-18-11-19-29-47)54(70)65-60(7,42-77-38-49-32-22-13-23-33-49)56(72)66-59(6,41-76-37-48-30-20-12-21-31-48)55(71)64-57(4,39-74-35-46-26-16-10-17-27-46)53(69)62-50(52(68)61-8)44(3)73-34-45-24-14-9-15-25-45/h9-33,43-44,50H,34-42H2,1-8H3,(H,61,68)(H,62,69)(H,63,67)(H,64,71)(H,65,70)(H,66,72)/t44-,50+,57+,58-,59-,60+/m1/s1. The number of carbonyl (C=O) groups is 6. The molecule has 0 aliphatic carbocycles. The van der Waals surface area contributed by atoms with Gasteiger partial charge in [-0.3, -0.25) is 28.8 Å². The van der Waals surface area contributed by atoms with Crippen molar-refractivity contribution in [2.24, 2.45) is 5.92 Å². The quantitative estimate of drug-likeness (QED) is 0.0250. The van der Waals surface area contributed by atoms with Crippen molar-refractivity contribution in [3.63, 3.8) is 0 Å². The van der Waals surface area contributed by atoms with Gasteiger partial charge in [0.05, 0.1) is 12.7 Å². The van der Waals surface area contributed by atoms with Crippen LogP contribution in [0.15, 0.2) is 152 Å². The third-order valence-corrected chi connectivity index (χ3v) is 18.0. The third kappa shape index (κ3) is 19.6. The van der Waals surface area contributed by atoms with Crippen molar-refractivity contribution < 1.29 is 33.5 Å². The Morgan fingerprint density at radius 1 is 0.416 bits per heavy atom. The zero-order chi connectivity index (χ0) is 55.9. The summed E-state index contributed by atoms with van der Waals surface area (Å²) in [5, 5.41) is 17.8. The predicted octanol–water partition coefficient (Wildman–Crippen LogP) is 8.71. The Balaban J connectivity index is 1.49. The van der Waals surface area contributed by atoms with Gasteiger partial charge in [-0.05, 0) is 62.4 Å². The lowest BCUT2D eigenvalue weighted by Crippen LogP contribution is -2.72. The summed E-state index contributed by atoms with van der Waals surface area (Å²) in [5.41, 5.74) is -1.51. The molecule has 0 unspecified atom stereocenters. The Morgan fingerprint density at radius 2 is 0.701 bits per heavy atom. The number of amides is 6. The molecule has 17 heteroatoms. The van der Waals surface area contributed by atoms with Gasteiger partial charge in [-0.25, -0.2) is 0 Å². The molecule has 5 aromatic rings. The molecule has 0 fully saturated rings. The Hall–Kier alpha value is -5.72. The molecule has 6 atom stereocenters. The second-order valence-corrected chi connectivity index (χ2v) is 24.3. The summed E-state index contributed by atoms with van der Waals surface area (Å²) < 4.78 is 6.15. The molecule has 0 aromatic heterocycles. The molecule has 0 aliphatic rings. The lowest BCUT2D eigenvalue weighted by atomic mass is 9.94. The van der Waals surface area contributed by atoms with E-state index >= 15 is 9.59 Å². The topological polar surface area (TPSA) is 184 Å². The number of carbonyl (C=O) groups excluding carboxylic acids is 6. The number of rotatable bonds is 31. The number of benzene rings is 5. The zero-order valence-electron chi connectivity index (χ0n) is 45.5. The highest BCUT2D eigenvalue weighted by Gasteiger charge is 2.48. The highest BCUT2D eigenvalue weighted by molar-refractivity contribution is 7.99. The average Bonchev–Trinajstić information content (AvgIpc) is 3.43. The summed E-state index contributed by atoms with van der Waals surface area (Å²) in [6.45, 7) is 11.9. The number of nitrogens with one attached hydrogen (secondary N) is 6. The number of hydrogen-bond acceptors (Lipinski definition) is 11. The molecule has 412 valence electrons. The van der Waals surface area contributed by atoms with Gasteiger partial charge in [-0.15, -0.1) is 0 Å². The van der Waals surface area contributed by atoms with Gasteiger partial charge in [0.15, 0.2) is 0 Å². The van der Waals surface area contributed by atoms with Gasteiger partial charge in [-0.2, -0.15) is 47.0 Å². The molecule has 0 saturated carbocycles. The molecule has 0 bridgehead atoms. The zero-order valence-corrected chi connectivity index (χ0v) is 48.8. The van der Waals surface area contributed by atoms with Crippen LogP contribution < -0.4 is 31.9 Å². The minimum Gasteiger partial charge on any atom is -0.371 e. The Bertz CT molecular complexity index is 2660. The third-order valence-electron chi connectivity index (χ3n) is 12.7. The maximum Gasteiger partial charge on any atom is 0.247 e. The van der Waals surface area contributed by atoms with Gasteiger partial charge in [0, 0.05) is 59.0 Å². The SMILES string of the molecule is CNC(=O)[C@@H](NC(=O)[C@](C)(CSCc1ccccc1)NC(=O)[C@@](C)(CSCc1ccccc1)NC(=O)[C@](C)(CSCc1ccccc1)NC(=O)[C@@](C)(CSCc1ccccc1)NC(=O)C(C)C)[C@@H](C)OCc1ccccc1. The summed E-state index contributed by atoms with van der Waals surface area (Å²) in [4.78, 5) is 87.7. The summed E-state index contributed by atoms with van der Waals surface area (Å²) in [6.07, 6.45) is -0.786. The van der Waals surface area contributed by atoms with Gasteiger partial charge >= 0.3 is 0 Å². The van der Waals surface area contributed by atoms with Crippen LogP contribution in [0.5, 0.6) is 0 Å². The van der Waals surface area contributed by atoms with Crippen molar-refractivity contribution in [3.8, 4) is 0 Å². The maximum absolute atomic E-state index is 15.4. The van der Waals surface area contributed by atoms with Gasteiger partial charge in [0.25, 0.3) is 0 Å². The van der Waals surface area contributed by atoms with Crippen LogP contribution in [0.1, 0.15) is 76.3 Å². The van der Waals surface area contributed by atoms with E-state index in [9.17, 15) is 19.2 Å². The molecule has 0 heterocycles. The molecule has 6 N–H and O–H groups in total. The molecule has 77 heavy (non-hydrogen) atoms. The van der Waals surface area contributed by atoms with E-state index in [-0.39, 0.29) is 35.5 Å². The van der Waals surface area contributed by atoms with Gasteiger partial charge in [0.2, 0.25) is 35.4 Å². The second-order valence-electron chi connectivity index (χ2n) is 20.3. The normalized spacial score (nSPS) is 15.2. The highest BCUT2D eigenvalue weighted by atomic mass is 32.2. The second kappa shape index (κ2) is 30.4. The smallest absolute Gasteiger partial charge is 0.247 e. The number of ether oxygens (including phenoxy) is 1. The van der Waals surface area contributed by atoms with Crippen LogP contribution in [-0.2, 0) is 63.1 Å². The molecule has 5 aromatic carbocycles.